The van der Waals surface area contributed by atoms with Gasteiger partial charge in [0.1, 0.15) is 0 Å². The third kappa shape index (κ3) is 2.56. The van der Waals surface area contributed by atoms with Crippen molar-refractivity contribution in [2.24, 2.45) is 11.1 Å². The third-order valence-corrected chi connectivity index (χ3v) is 4.10. The van der Waals surface area contributed by atoms with Crippen LogP contribution in [0.5, 0.6) is 0 Å². The molecule has 1 atom stereocenters. The van der Waals surface area contributed by atoms with Gasteiger partial charge in [-0.2, -0.15) is 0 Å². The van der Waals surface area contributed by atoms with Crippen molar-refractivity contribution in [3.63, 3.8) is 0 Å². The fourth-order valence-electron chi connectivity index (χ4n) is 3.33. The summed E-state index contributed by atoms with van der Waals surface area (Å²) in [7, 11) is 0. The summed E-state index contributed by atoms with van der Waals surface area (Å²) in [6.07, 6.45) is 1.08. The van der Waals surface area contributed by atoms with Gasteiger partial charge in [-0.05, 0) is 24.0 Å². The van der Waals surface area contributed by atoms with Crippen molar-refractivity contribution in [3.8, 4) is 0 Å². The van der Waals surface area contributed by atoms with Gasteiger partial charge in [0.05, 0.1) is 0 Å². The minimum atomic E-state index is 0.260. The van der Waals surface area contributed by atoms with Crippen LogP contribution in [0.4, 0.5) is 0 Å². The standard InChI is InChI=1S/C19H24N2/c1-19(2,3)12-14(13-20)21-17-10-6-4-8-15(17)16-9-5-7-11-18(16)21/h4-11,14H,12-13,20H2,1-3H3. The molecule has 0 saturated heterocycles. The molecular formula is C19H24N2. The Morgan fingerprint density at radius 2 is 1.38 bits per heavy atom. The van der Waals surface area contributed by atoms with Crippen LogP contribution in [0.2, 0.25) is 0 Å². The Kier molecular flexibility index (Phi) is 3.50. The molecule has 0 bridgehead atoms. The number of nitrogens with zero attached hydrogens (tertiary/aromatic N) is 1. The fraction of sp³-hybridized carbons (Fsp3) is 0.368. The second-order valence-corrected chi connectivity index (χ2v) is 7.06. The molecule has 2 heteroatoms. The number of nitrogens with two attached hydrogens (primary N) is 1. The summed E-state index contributed by atoms with van der Waals surface area (Å²) in [4.78, 5) is 0. The zero-order valence-corrected chi connectivity index (χ0v) is 13.1. The van der Waals surface area contributed by atoms with E-state index in [1.54, 1.807) is 0 Å². The molecule has 0 saturated carbocycles. The topological polar surface area (TPSA) is 30.9 Å². The minimum Gasteiger partial charge on any atom is -0.336 e. The first-order valence-electron chi connectivity index (χ1n) is 7.69. The first-order chi connectivity index (χ1) is 10.0. The van der Waals surface area contributed by atoms with Crippen LogP contribution in [-0.2, 0) is 0 Å². The summed E-state index contributed by atoms with van der Waals surface area (Å²) in [5.41, 5.74) is 8.97. The van der Waals surface area contributed by atoms with E-state index in [2.05, 4.69) is 73.9 Å². The monoisotopic (exact) mass is 280 g/mol. The minimum absolute atomic E-state index is 0.260. The number of para-hydroxylation sites is 2. The molecule has 0 aliphatic rings. The number of hydrogen-bond donors (Lipinski definition) is 1. The summed E-state index contributed by atoms with van der Waals surface area (Å²) in [5, 5.41) is 2.64. The van der Waals surface area contributed by atoms with Crippen molar-refractivity contribution < 1.29 is 0 Å². The van der Waals surface area contributed by atoms with Crippen molar-refractivity contribution in [2.45, 2.75) is 33.2 Å². The Morgan fingerprint density at radius 3 is 1.81 bits per heavy atom. The first kappa shape index (κ1) is 14.2. The molecule has 0 amide bonds. The van der Waals surface area contributed by atoms with Crippen molar-refractivity contribution in [3.05, 3.63) is 48.5 Å². The molecule has 2 nitrogen and oxygen atoms in total. The van der Waals surface area contributed by atoms with Crippen LogP contribution >= 0.6 is 0 Å². The van der Waals surface area contributed by atoms with Crippen LogP contribution in [-0.4, -0.2) is 11.1 Å². The molecule has 110 valence electrons. The summed E-state index contributed by atoms with van der Waals surface area (Å²) in [6, 6.07) is 17.6. The quantitative estimate of drug-likeness (QED) is 0.738. The third-order valence-electron chi connectivity index (χ3n) is 4.10. The number of hydrogen-bond acceptors (Lipinski definition) is 1. The maximum absolute atomic E-state index is 6.13. The maximum Gasteiger partial charge on any atom is 0.0494 e. The zero-order valence-electron chi connectivity index (χ0n) is 13.1. The van der Waals surface area contributed by atoms with Gasteiger partial charge >= 0.3 is 0 Å². The second-order valence-electron chi connectivity index (χ2n) is 7.06. The molecular weight excluding hydrogens is 256 g/mol. The van der Waals surface area contributed by atoms with Crippen LogP contribution in [0, 0.1) is 5.41 Å². The zero-order chi connectivity index (χ0) is 15.0. The van der Waals surface area contributed by atoms with E-state index in [1.807, 2.05) is 0 Å². The fourth-order valence-corrected chi connectivity index (χ4v) is 3.33. The molecule has 0 spiro atoms. The number of aromatic nitrogens is 1. The smallest absolute Gasteiger partial charge is 0.0494 e. The SMILES string of the molecule is CC(C)(C)CC(CN)n1c2ccccc2c2ccccc21. The van der Waals surface area contributed by atoms with Crippen molar-refractivity contribution in [1.29, 1.82) is 0 Å². The number of fused-ring (bicyclic) bond motifs is 3. The molecule has 0 aliphatic heterocycles. The van der Waals surface area contributed by atoms with E-state index >= 15 is 0 Å². The van der Waals surface area contributed by atoms with Gasteiger partial charge in [-0.25, -0.2) is 0 Å². The Labute approximate surface area is 126 Å². The molecule has 1 aromatic heterocycles. The highest BCUT2D eigenvalue weighted by molar-refractivity contribution is 6.08. The molecule has 1 unspecified atom stereocenters. The summed E-state index contributed by atoms with van der Waals surface area (Å²) in [6.45, 7) is 7.51. The number of benzene rings is 2. The average molecular weight is 280 g/mol. The lowest BCUT2D eigenvalue weighted by atomic mass is 9.88. The molecule has 3 rings (SSSR count). The highest BCUT2D eigenvalue weighted by Crippen LogP contribution is 2.35. The Morgan fingerprint density at radius 1 is 0.905 bits per heavy atom. The molecule has 0 aliphatic carbocycles. The van der Waals surface area contributed by atoms with Crippen molar-refractivity contribution >= 4 is 21.8 Å². The normalized spacial score (nSPS) is 13.9. The van der Waals surface area contributed by atoms with Crippen LogP contribution < -0.4 is 5.73 Å². The van der Waals surface area contributed by atoms with Crippen LogP contribution in [0.15, 0.2) is 48.5 Å². The highest BCUT2D eigenvalue weighted by atomic mass is 15.0. The van der Waals surface area contributed by atoms with E-state index in [1.165, 1.54) is 21.8 Å². The summed E-state index contributed by atoms with van der Waals surface area (Å²) >= 11 is 0. The van der Waals surface area contributed by atoms with E-state index in [4.69, 9.17) is 5.73 Å². The predicted molar refractivity (Wildman–Crippen MR) is 91.6 cm³/mol. The van der Waals surface area contributed by atoms with Gasteiger partial charge in [-0.15, -0.1) is 0 Å². The molecule has 3 aromatic rings. The molecule has 21 heavy (non-hydrogen) atoms. The van der Waals surface area contributed by atoms with E-state index in [0.29, 0.717) is 12.6 Å². The van der Waals surface area contributed by atoms with Gasteiger partial charge in [0.2, 0.25) is 0 Å². The Hall–Kier alpha value is -1.80. The molecule has 0 radical (unpaired) electrons. The van der Waals surface area contributed by atoms with Crippen LogP contribution in [0.3, 0.4) is 0 Å². The van der Waals surface area contributed by atoms with E-state index in [0.717, 1.165) is 6.42 Å². The average Bonchev–Trinajstić information content (AvgIpc) is 2.79. The number of rotatable bonds is 3. The molecule has 2 aromatic carbocycles. The van der Waals surface area contributed by atoms with Gasteiger partial charge < -0.3 is 10.3 Å². The molecule has 0 fully saturated rings. The Balaban J connectivity index is 2.28. The van der Waals surface area contributed by atoms with Gasteiger partial charge in [0, 0.05) is 34.4 Å². The lowest BCUT2D eigenvalue weighted by Gasteiger charge is -2.27. The van der Waals surface area contributed by atoms with E-state index in [9.17, 15) is 0 Å². The van der Waals surface area contributed by atoms with Crippen LogP contribution in [0.1, 0.15) is 33.2 Å². The van der Waals surface area contributed by atoms with Gasteiger partial charge in [-0.3, -0.25) is 0 Å². The lowest BCUT2D eigenvalue weighted by molar-refractivity contribution is 0.304. The lowest BCUT2D eigenvalue weighted by Crippen LogP contribution is -2.24. The van der Waals surface area contributed by atoms with E-state index in [-0.39, 0.29) is 5.41 Å². The molecule has 1 heterocycles. The Bertz CT molecular complexity index is 709. The van der Waals surface area contributed by atoms with Gasteiger partial charge in [-0.1, -0.05) is 57.2 Å². The van der Waals surface area contributed by atoms with Gasteiger partial charge in [0.15, 0.2) is 0 Å². The second kappa shape index (κ2) is 5.19. The van der Waals surface area contributed by atoms with E-state index < -0.39 is 0 Å². The largest absolute Gasteiger partial charge is 0.336 e. The summed E-state index contributed by atoms with van der Waals surface area (Å²) in [5.74, 6) is 0. The highest BCUT2D eigenvalue weighted by Gasteiger charge is 2.22. The predicted octanol–water partition coefficient (Wildman–Crippen LogP) is 4.73. The maximum atomic E-state index is 6.13. The van der Waals surface area contributed by atoms with Crippen molar-refractivity contribution in [1.82, 2.24) is 4.57 Å². The first-order valence-corrected chi connectivity index (χ1v) is 7.69. The van der Waals surface area contributed by atoms with Crippen LogP contribution in [0.25, 0.3) is 21.8 Å². The molecule has 2 N–H and O–H groups in total. The summed E-state index contributed by atoms with van der Waals surface area (Å²) < 4.78 is 2.44. The van der Waals surface area contributed by atoms with Gasteiger partial charge in [0.25, 0.3) is 0 Å². The van der Waals surface area contributed by atoms with Crippen molar-refractivity contribution in [2.75, 3.05) is 6.54 Å².